The molecule has 0 aromatic heterocycles. The first-order valence-corrected chi connectivity index (χ1v) is 4.78. The van der Waals surface area contributed by atoms with Gasteiger partial charge in [-0.05, 0) is 12.1 Å². The van der Waals surface area contributed by atoms with Gasteiger partial charge in [0, 0.05) is 45.0 Å². The van der Waals surface area contributed by atoms with Crippen LogP contribution >= 0.6 is 0 Å². The molecule has 1 aromatic carbocycles. The summed E-state index contributed by atoms with van der Waals surface area (Å²) in [7, 11) is 6.22. The smallest absolute Gasteiger partial charge is 0.423 e. The molecule has 0 saturated carbocycles. The van der Waals surface area contributed by atoms with Gasteiger partial charge in [-0.15, -0.1) is 0 Å². The minimum Gasteiger partial charge on any atom is -0.423 e. The van der Waals surface area contributed by atoms with Crippen LogP contribution < -0.4 is 15.3 Å². The predicted molar refractivity (Wildman–Crippen MR) is 64.9 cm³/mol. The van der Waals surface area contributed by atoms with Crippen LogP contribution in [0.1, 0.15) is 0 Å². The standard InChI is InChI=1S/C10H17BN2O2/c1-12(2)8-5-6-9(11(14)15)10(7-8)13(3)4/h5-7,14-15H,1-4H3. The van der Waals surface area contributed by atoms with Crippen LogP contribution in [0.3, 0.4) is 0 Å². The fourth-order valence-corrected chi connectivity index (χ4v) is 1.42. The van der Waals surface area contributed by atoms with Gasteiger partial charge in [0.1, 0.15) is 0 Å². The van der Waals surface area contributed by atoms with E-state index in [1.165, 1.54) is 0 Å². The van der Waals surface area contributed by atoms with E-state index >= 15 is 0 Å². The van der Waals surface area contributed by atoms with Gasteiger partial charge in [-0.2, -0.15) is 0 Å². The first kappa shape index (κ1) is 11.9. The molecule has 0 aliphatic carbocycles. The molecular formula is C10H17BN2O2. The fourth-order valence-electron chi connectivity index (χ4n) is 1.42. The van der Waals surface area contributed by atoms with Crippen LogP contribution in [0.5, 0.6) is 0 Å². The Labute approximate surface area is 90.9 Å². The van der Waals surface area contributed by atoms with Crippen LogP contribution in [0.15, 0.2) is 18.2 Å². The summed E-state index contributed by atoms with van der Waals surface area (Å²) in [6.45, 7) is 0. The van der Waals surface area contributed by atoms with Crippen molar-refractivity contribution in [1.82, 2.24) is 0 Å². The van der Waals surface area contributed by atoms with Gasteiger partial charge in [0.15, 0.2) is 0 Å². The maximum absolute atomic E-state index is 9.20. The van der Waals surface area contributed by atoms with E-state index in [0.29, 0.717) is 5.46 Å². The van der Waals surface area contributed by atoms with Crippen LogP contribution in [-0.4, -0.2) is 45.4 Å². The average molecular weight is 208 g/mol. The monoisotopic (exact) mass is 208 g/mol. The molecule has 15 heavy (non-hydrogen) atoms. The van der Waals surface area contributed by atoms with E-state index < -0.39 is 7.12 Å². The van der Waals surface area contributed by atoms with E-state index in [0.717, 1.165) is 11.4 Å². The van der Waals surface area contributed by atoms with Gasteiger partial charge in [0.2, 0.25) is 0 Å². The van der Waals surface area contributed by atoms with Crippen molar-refractivity contribution < 1.29 is 10.0 Å². The molecule has 1 rings (SSSR count). The zero-order chi connectivity index (χ0) is 11.6. The molecule has 4 nitrogen and oxygen atoms in total. The molecule has 0 aliphatic rings. The van der Waals surface area contributed by atoms with Gasteiger partial charge in [-0.25, -0.2) is 0 Å². The third-order valence-corrected chi connectivity index (χ3v) is 2.29. The topological polar surface area (TPSA) is 46.9 Å². The van der Waals surface area contributed by atoms with Crippen molar-refractivity contribution in [2.45, 2.75) is 0 Å². The molecule has 0 heterocycles. The van der Waals surface area contributed by atoms with E-state index in [9.17, 15) is 10.0 Å². The van der Waals surface area contributed by atoms with E-state index in [1.54, 1.807) is 6.07 Å². The number of nitrogens with zero attached hydrogens (tertiary/aromatic N) is 2. The van der Waals surface area contributed by atoms with E-state index in [-0.39, 0.29) is 0 Å². The lowest BCUT2D eigenvalue weighted by atomic mass is 9.78. The van der Waals surface area contributed by atoms with Crippen LogP contribution in [0.4, 0.5) is 11.4 Å². The molecule has 0 saturated heterocycles. The molecule has 2 N–H and O–H groups in total. The summed E-state index contributed by atoms with van der Waals surface area (Å²) in [4.78, 5) is 3.84. The van der Waals surface area contributed by atoms with Gasteiger partial charge in [-0.1, -0.05) is 6.07 Å². The first-order chi connectivity index (χ1) is 6.93. The van der Waals surface area contributed by atoms with E-state index in [2.05, 4.69) is 0 Å². The minimum absolute atomic E-state index is 0.519. The van der Waals surface area contributed by atoms with Crippen molar-refractivity contribution in [3.63, 3.8) is 0 Å². The van der Waals surface area contributed by atoms with E-state index in [4.69, 9.17) is 0 Å². The zero-order valence-electron chi connectivity index (χ0n) is 9.60. The SMILES string of the molecule is CN(C)c1ccc(B(O)O)c(N(C)C)c1. The molecule has 82 valence electrons. The van der Waals surface area contributed by atoms with Crippen LogP contribution in [0.25, 0.3) is 0 Å². The Morgan fingerprint density at radius 3 is 2.00 bits per heavy atom. The third kappa shape index (κ3) is 2.64. The maximum Gasteiger partial charge on any atom is 0.490 e. The lowest BCUT2D eigenvalue weighted by Crippen LogP contribution is -2.34. The summed E-state index contributed by atoms with van der Waals surface area (Å²) in [5.74, 6) is 0. The van der Waals surface area contributed by atoms with Crippen LogP contribution in [0, 0.1) is 0 Å². The normalized spacial score (nSPS) is 10.0. The summed E-state index contributed by atoms with van der Waals surface area (Å²) >= 11 is 0. The minimum atomic E-state index is -1.43. The Kier molecular flexibility index (Phi) is 3.60. The molecule has 0 aliphatic heterocycles. The van der Waals surface area contributed by atoms with Crippen molar-refractivity contribution in [3.05, 3.63) is 18.2 Å². The predicted octanol–water partition coefficient (Wildman–Crippen LogP) is -0.502. The largest absolute Gasteiger partial charge is 0.490 e. The number of benzene rings is 1. The molecule has 1 aromatic rings. The zero-order valence-corrected chi connectivity index (χ0v) is 9.60. The summed E-state index contributed by atoms with van der Waals surface area (Å²) in [5, 5.41) is 18.4. The first-order valence-electron chi connectivity index (χ1n) is 4.78. The van der Waals surface area contributed by atoms with Gasteiger partial charge >= 0.3 is 7.12 Å². The molecule has 0 atom stereocenters. The van der Waals surface area contributed by atoms with Gasteiger partial charge in [0.05, 0.1) is 0 Å². The second kappa shape index (κ2) is 4.55. The number of hydrogen-bond donors (Lipinski definition) is 2. The van der Waals surface area contributed by atoms with Crippen molar-refractivity contribution >= 4 is 24.0 Å². The van der Waals surface area contributed by atoms with Crippen molar-refractivity contribution in [1.29, 1.82) is 0 Å². The highest BCUT2D eigenvalue weighted by Gasteiger charge is 2.17. The van der Waals surface area contributed by atoms with Gasteiger partial charge < -0.3 is 19.8 Å². The molecule has 0 unspecified atom stereocenters. The Hall–Kier alpha value is -1.20. The third-order valence-electron chi connectivity index (χ3n) is 2.29. The van der Waals surface area contributed by atoms with Crippen LogP contribution in [0.2, 0.25) is 0 Å². The van der Waals surface area contributed by atoms with E-state index in [1.807, 2.05) is 50.1 Å². The molecule has 0 spiro atoms. The second-order valence-corrected chi connectivity index (χ2v) is 3.91. The molecular weight excluding hydrogens is 191 g/mol. The number of hydrogen-bond acceptors (Lipinski definition) is 4. The number of anilines is 2. The summed E-state index contributed by atoms with van der Waals surface area (Å²) in [5.41, 5.74) is 2.37. The quantitative estimate of drug-likeness (QED) is 0.657. The van der Waals surface area contributed by atoms with Crippen molar-refractivity contribution in [2.24, 2.45) is 0 Å². The van der Waals surface area contributed by atoms with Crippen molar-refractivity contribution in [2.75, 3.05) is 38.0 Å². The number of rotatable bonds is 3. The summed E-state index contributed by atoms with van der Waals surface area (Å²) in [6, 6.07) is 5.52. The Balaban J connectivity index is 3.21. The van der Waals surface area contributed by atoms with Gasteiger partial charge in [-0.3, -0.25) is 0 Å². The Bertz CT molecular complexity index is 340. The lowest BCUT2D eigenvalue weighted by Gasteiger charge is -2.21. The molecule has 0 bridgehead atoms. The average Bonchev–Trinajstić information content (AvgIpc) is 2.16. The highest BCUT2D eigenvalue weighted by molar-refractivity contribution is 6.60. The molecule has 0 radical (unpaired) electrons. The maximum atomic E-state index is 9.20. The molecule has 0 amide bonds. The van der Waals surface area contributed by atoms with Crippen LogP contribution in [-0.2, 0) is 0 Å². The Morgan fingerprint density at radius 1 is 1.00 bits per heavy atom. The summed E-state index contributed by atoms with van der Waals surface area (Å²) in [6.07, 6.45) is 0. The van der Waals surface area contributed by atoms with Gasteiger partial charge in [0.25, 0.3) is 0 Å². The molecule has 0 fully saturated rings. The lowest BCUT2D eigenvalue weighted by molar-refractivity contribution is 0.426. The fraction of sp³-hybridized carbons (Fsp3) is 0.400. The highest BCUT2D eigenvalue weighted by Crippen LogP contribution is 2.17. The highest BCUT2D eigenvalue weighted by atomic mass is 16.4. The van der Waals surface area contributed by atoms with Crippen molar-refractivity contribution in [3.8, 4) is 0 Å². The summed E-state index contributed by atoms with van der Waals surface area (Å²) < 4.78 is 0. The second-order valence-electron chi connectivity index (χ2n) is 3.91. The molecule has 5 heteroatoms. The Morgan fingerprint density at radius 2 is 1.60 bits per heavy atom.